The Morgan fingerprint density at radius 1 is 1.06 bits per heavy atom. The fraction of sp³-hybridized carbons (Fsp3) is 0.400. The third-order valence-corrected chi connectivity index (χ3v) is 9.56. The molecule has 12 heteroatoms. The number of aliphatic imine (C=N–C) groups is 1. The van der Waals surface area contributed by atoms with Crippen LogP contribution in [0.15, 0.2) is 59.4 Å². The van der Waals surface area contributed by atoms with Gasteiger partial charge in [-0.15, -0.1) is 0 Å². The molecule has 0 aliphatic carbocycles. The van der Waals surface area contributed by atoms with E-state index in [0.717, 1.165) is 38.8 Å². The molecule has 0 radical (unpaired) electrons. The Kier molecular flexibility index (Phi) is 8.21. The Morgan fingerprint density at radius 2 is 1.83 bits per heavy atom. The van der Waals surface area contributed by atoms with Gasteiger partial charge in [-0.2, -0.15) is 9.97 Å². The zero-order chi connectivity index (χ0) is 32.7. The minimum Gasteiger partial charge on any atom is -0.461 e. The summed E-state index contributed by atoms with van der Waals surface area (Å²) in [4.78, 5) is 37.0. The van der Waals surface area contributed by atoms with Crippen molar-refractivity contribution in [3.05, 3.63) is 66.0 Å². The van der Waals surface area contributed by atoms with Crippen LogP contribution in [0.3, 0.4) is 0 Å². The largest absolute Gasteiger partial charge is 0.461 e. The number of halogens is 2. The maximum atomic E-state index is 16.7. The molecule has 0 spiro atoms. The quantitative estimate of drug-likeness (QED) is 0.289. The van der Waals surface area contributed by atoms with Crippen LogP contribution in [-0.2, 0) is 4.79 Å². The van der Waals surface area contributed by atoms with Gasteiger partial charge < -0.3 is 20.3 Å². The van der Waals surface area contributed by atoms with Gasteiger partial charge in [0, 0.05) is 44.3 Å². The topological polar surface area (TPSA) is 113 Å². The first-order valence-corrected chi connectivity index (χ1v) is 16.1. The highest BCUT2D eigenvalue weighted by atomic mass is 19.1. The number of aromatic nitrogens is 3. The number of carbonyl (C=O) groups excluding carboxylic acids is 1. The SMILES string of the molecule is CN(C)C(=O)/C(N)=C/C1=NCCCN(c2nc(OCC34CCCN3CCC4)nc3c(F)c(-c4cccc5cccc(F)c45)ncc23)C1. The predicted molar refractivity (Wildman–Crippen MR) is 179 cm³/mol. The number of hydrogen-bond donors (Lipinski definition) is 1. The van der Waals surface area contributed by atoms with Crippen molar-refractivity contribution in [1.29, 1.82) is 0 Å². The summed E-state index contributed by atoms with van der Waals surface area (Å²) in [6.07, 6.45) is 8.12. The summed E-state index contributed by atoms with van der Waals surface area (Å²) in [5, 5.41) is 1.33. The number of likely N-dealkylation sites (N-methyl/N-ethyl adjacent to an activating group) is 1. The molecule has 2 aromatic heterocycles. The monoisotopic (exact) mass is 640 g/mol. The van der Waals surface area contributed by atoms with E-state index in [0.29, 0.717) is 54.0 Å². The van der Waals surface area contributed by atoms with Crippen LogP contribution in [-0.4, -0.2) is 95.3 Å². The lowest BCUT2D eigenvalue weighted by Crippen LogP contribution is -2.43. The Bertz CT molecular complexity index is 1910. The molecule has 3 aliphatic heterocycles. The van der Waals surface area contributed by atoms with Gasteiger partial charge in [0.15, 0.2) is 5.82 Å². The summed E-state index contributed by atoms with van der Waals surface area (Å²) in [5.41, 5.74) is 7.10. The van der Waals surface area contributed by atoms with Crippen molar-refractivity contribution >= 4 is 39.1 Å². The van der Waals surface area contributed by atoms with E-state index in [1.54, 1.807) is 56.7 Å². The van der Waals surface area contributed by atoms with E-state index in [-0.39, 0.29) is 46.3 Å². The lowest BCUT2D eigenvalue weighted by atomic mass is 9.95. The molecular weight excluding hydrogens is 602 g/mol. The van der Waals surface area contributed by atoms with Crippen LogP contribution in [0.2, 0.25) is 0 Å². The fourth-order valence-electron chi connectivity index (χ4n) is 7.25. The van der Waals surface area contributed by atoms with E-state index in [4.69, 9.17) is 15.5 Å². The Balaban J connectivity index is 1.33. The van der Waals surface area contributed by atoms with Crippen molar-refractivity contribution < 1.29 is 18.3 Å². The standard InChI is InChI=1S/C35H38F2N8O2/c1-43(2)33(46)27(38)18-23-20-44(15-7-14-39-23)32-25-19-40-30(24-10-3-8-22-9-4-11-26(36)28(22)24)29(37)31(25)41-34(42-32)47-21-35-12-5-16-45(35)17-6-13-35/h3-4,8-11,18-19H,5-7,12-17,20-21,38H2,1-2H3/b27-18-. The smallest absolute Gasteiger partial charge is 0.319 e. The Morgan fingerprint density at radius 3 is 2.60 bits per heavy atom. The van der Waals surface area contributed by atoms with Crippen molar-refractivity contribution in [2.45, 2.75) is 37.6 Å². The molecule has 4 aromatic rings. The third kappa shape index (κ3) is 5.75. The molecule has 1 amide bonds. The van der Waals surface area contributed by atoms with Gasteiger partial charge in [0.05, 0.1) is 28.9 Å². The van der Waals surface area contributed by atoms with Crippen molar-refractivity contribution in [3.8, 4) is 17.3 Å². The van der Waals surface area contributed by atoms with Crippen LogP contribution in [0.25, 0.3) is 32.9 Å². The van der Waals surface area contributed by atoms with Crippen LogP contribution in [0.4, 0.5) is 14.6 Å². The Hall–Kier alpha value is -4.71. The van der Waals surface area contributed by atoms with E-state index in [1.165, 1.54) is 11.0 Å². The van der Waals surface area contributed by atoms with Gasteiger partial charge in [-0.25, -0.2) is 8.78 Å². The molecule has 2 aromatic carbocycles. The predicted octanol–water partition coefficient (Wildman–Crippen LogP) is 4.71. The highest BCUT2D eigenvalue weighted by molar-refractivity contribution is 6.06. The zero-order valence-electron chi connectivity index (χ0n) is 26.7. The van der Waals surface area contributed by atoms with Gasteiger partial charge in [0.25, 0.3) is 5.91 Å². The lowest BCUT2D eigenvalue weighted by molar-refractivity contribution is -0.124. The first-order valence-electron chi connectivity index (χ1n) is 16.1. The maximum absolute atomic E-state index is 16.7. The van der Waals surface area contributed by atoms with Crippen LogP contribution in [0.5, 0.6) is 6.01 Å². The molecule has 47 heavy (non-hydrogen) atoms. The van der Waals surface area contributed by atoms with Crippen molar-refractivity contribution in [1.82, 2.24) is 24.8 Å². The number of anilines is 1. The third-order valence-electron chi connectivity index (χ3n) is 9.56. The summed E-state index contributed by atoms with van der Waals surface area (Å²) in [6, 6.07) is 10.1. The number of carbonyl (C=O) groups is 1. The molecule has 2 fully saturated rings. The number of fused-ring (bicyclic) bond motifs is 3. The molecule has 0 saturated carbocycles. The molecule has 5 heterocycles. The first-order chi connectivity index (χ1) is 22.7. The average Bonchev–Trinajstić information content (AvgIpc) is 3.57. The molecule has 2 N–H and O–H groups in total. The number of amides is 1. The second-order valence-corrected chi connectivity index (χ2v) is 12.8. The van der Waals surface area contributed by atoms with Crippen LogP contribution >= 0.6 is 0 Å². The van der Waals surface area contributed by atoms with E-state index in [9.17, 15) is 4.79 Å². The average molecular weight is 641 g/mol. The molecule has 0 atom stereocenters. The number of hydrogen-bond acceptors (Lipinski definition) is 9. The van der Waals surface area contributed by atoms with Crippen LogP contribution in [0, 0.1) is 11.6 Å². The molecule has 7 rings (SSSR count). The van der Waals surface area contributed by atoms with Gasteiger partial charge >= 0.3 is 6.01 Å². The lowest BCUT2D eigenvalue weighted by Gasteiger charge is -2.31. The normalized spacial score (nSPS) is 18.3. The summed E-state index contributed by atoms with van der Waals surface area (Å²) < 4.78 is 38.2. The molecule has 2 saturated heterocycles. The first kappa shape index (κ1) is 30.9. The van der Waals surface area contributed by atoms with Crippen molar-refractivity contribution in [2.75, 3.05) is 58.3 Å². The molecule has 0 unspecified atom stereocenters. The van der Waals surface area contributed by atoms with E-state index in [2.05, 4.69) is 19.9 Å². The second kappa shape index (κ2) is 12.5. The molecule has 3 aliphatic rings. The van der Waals surface area contributed by atoms with E-state index >= 15 is 8.78 Å². The van der Waals surface area contributed by atoms with Gasteiger partial charge in [-0.1, -0.05) is 30.3 Å². The minimum absolute atomic E-state index is 0.00354. The highest BCUT2D eigenvalue weighted by Crippen LogP contribution is 2.40. The van der Waals surface area contributed by atoms with Gasteiger partial charge in [0.2, 0.25) is 0 Å². The number of benzene rings is 2. The number of pyridine rings is 1. The zero-order valence-corrected chi connectivity index (χ0v) is 26.7. The van der Waals surface area contributed by atoms with Crippen LogP contribution < -0.4 is 15.4 Å². The summed E-state index contributed by atoms with van der Waals surface area (Å²) in [7, 11) is 3.27. The van der Waals surface area contributed by atoms with Gasteiger partial charge in [0.1, 0.15) is 29.5 Å². The minimum atomic E-state index is -0.683. The molecule has 10 nitrogen and oxygen atoms in total. The van der Waals surface area contributed by atoms with E-state index in [1.807, 2.05) is 4.90 Å². The molecular formula is C35H38F2N8O2. The molecule has 244 valence electrons. The summed E-state index contributed by atoms with van der Waals surface area (Å²) >= 11 is 0. The number of rotatable bonds is 7. The highest BCUT2D eigenvalue weighted by Gasteiger charge is 2.45. The maximum Gasteiger partial charge on any atom is 0.319 e. The van der Waals surface area contributed by atoms with Crippen LogP contribution in [0.1, 0.15) is 32.1 Å². The Labute approximate surface area is 271 Å². The fourth-order valence-corrected chi connectivity index (χ4v) is 7.25. The number of nitrogens with two attached hydrogens (primary N) is 1. The van der Waals surface area contributed by atoms with Gasteiger partial charge in [-0.05, 0) is 62.7 Å². The van der Waals surface area contributed by atoms with Crippen molar-refractivity contribution in [2.24, 2.45) is 10.7 Å². The second-order valence-electron chi connectivity index (χ2n) is 12.8. The van der Waals surface area contributed by atoms with Crippen molar-refractivity contribution in [3.63, 3.8) is 0 Å². The van der Waals surface area contributed by atoms with Gasteiger partial charge in [-0.3, -0.25) is 19.7 Å². The number of ether oxygens (including phenoxy) is 1. The summed E-state index contributed by atoms with van der Waals surface area (Å²) in [5.74, 6) is -1.01. The molecule has 0 bridgehead atoms. The van der Waals surface area contributed by atoms with E-state index < -0.39 is 11.6 Å². The summed E-state index contributed by atoms with van der Waals surface area (Å²) in [6.45, 7) is 3.86. The number of nitrogens with zero attached hydrogens (tertiary/aromatic N) is 7.